The number of carboxylic acid groups (broad SMARTS) is 1. The van der Waals surface area contributed by atoms with E-state index in [1.807, 2.05) is 0 Å². The summed E-state index contributed by atoms with van der Waals surface area (Å²) in [7, 11) is 1.55. The van der Waals surface area contributed by atoms with Gasteiger partial charge in [0.05, 0.1) is 6.20 Å². The van der Waals surface area contributed by atoms with Crippen molar-refractivity contribution in [1.29, 1.82) is 0 Å². The van der Waals surface area contributed by atoms with Crippen molar-refractivity contribution in [2.75, 3.05) is 11.1 Å². The van der Waals surface area contributed by atoms with Crippen molar-refractivity contribution in [3.63, 3.8) is 0 Å². The van der Waals surface area contributed by atoms with Crippen molar-refractivity contribution in [2.45, 2.75) is 0 Å². The molecule has 0 atom stereocenters. The molecule has 0 unspecified atom stereocenters. The fourth-order valence-electron chi connectivity index (χ4n) is 1.56. The molecule has 0 bridgehead atoms. The Kier molecular flexibility index (Phi) is 3.19. The summed E-state index contributed by atoms with van der Waals surface area (Å²) >= 11 is 0. The Bertz CT molecular complexity index is 631. The van der Waals surface area contributed by atoms with Gasteiger partial charge in [-0.3, -0.25) is 9.48 Å². The van der Waals surface area contributed by atoms with E-state index in [1.165, 1.54) is 10.9 Å². The molecule has 0 radical (unpaired) electrons. The maximum Gasteiger partial charge on any atom is 0.341 e. The quantitative estimate of drug-likeness (QED) is 0.712. The van der Waals surface area contributed by atoms with Crippen LogP contribution in [0.3, 0.4) is 0 Å². The highest BCUT2D eigenvalue weighted by Crippen LogP contribution is 2.15. The van der Waals surface area contributed by atoms with E-state index in [1.54, 1.807) is 31.3 Å². The van der Waals surface area contributed by atoms with Gasteiger partial charge in [0, 0.05) is 18.3 Å². The number of aromatic nitrogens is 2. The lowest BCUT2D eigenvalue weighted by molar-refractivity contribution is 0.0698. The molecule has 1 heterocycles. The number of anilines is 2. The predicted molar refractivity (Wildman–Crippen MR) is 69.0 cm³/mol. The van der Waals surface area contributed by atoms with Crippen LogP contribution in [0.2, 0.25) is 0 Å². The average Bonchev–Trinajstić information content (AvgIpc) is 2.72. The largest absolute Gasteiger partial charge is 0.477 e. The zero-order chi connectivity index (χ0) is 14.0. The normalized spacial score (nSPS) is 10.2. The first-order valence-corrected chi connectivity index (χ1v) is 5.41. The zero-order valence-electron chi connectivity index (χ0n) is 10.1. The van der Waals surface area contributed by atoms with Crippen LogP contribution in [-0.4, -0.2) is 26.8 Å². The number of nitrogens with zero attached hydrogens (tertiary/aromatic N) is 2. The number of carbonyl (C=O) groups excluding carboxylic acids is 1. The Labute approximate surface area is 108 Å². The average molecular weight is 260 g/mol. The smallest absolute Gasteiger partial charge is 0.341 e. The van der Waals surface area contributed by atoms with E-state index in [-0.39, 0.29) is 11.4 Å². The lowest BCUT2D eigenvalue weighted by Crippen LogP contribution is -2.16. The molecule has 7 heteroatoms. The summed E-state index contributed by atoms with van der Waals surface area (Å²) in [5.74, 6) is -1.44. The molecular weight excluding hydrogens is 248 g/mol. The first kappa shape index (κ1) is 12.6. The van der Waals surface area contributed by atoms with Crippen molar-refractivity contribution in [1.82, 2.24) is 9.78 Å². The number of nitrogens with two attached hydrogens (primary N) is 1. The second-order valence-electron chi connectivity index (χ2n) is 3.91. The van der Waals surface area contributed by atoms with Crippen LogP contribution in [0.15, 0.2) is 30.5 Å². The monoisotopic (exact) mass is 260 g/mol. The second-order valence-corrected chi connectivity index (χ2v) is 3.91. The molecule has 19 heavy (non-hydrogen) atoms. The Morgan fingerprint density at radius 1 is 1.32 bits per heavy atom. The standard InChI is InChI=1S/C12H12N4O3/c1-16-10(9(6-14-16)12(18)19)15-11(17)7-2-4-8(13)5-3-7/h2-6H,13H2,1H3,(H,15,17)(H,18,19). The van der Waals surface area contributed by atoms with Crippen LogP contribution in [0, 0.1) is 0 Å². The lowest BCUT2D eigenvalue weighted by atomic mass is 10.2. The van der Waals surface area contributed by atoms with E-state index in [9.17, 15) is 9.59 Å². The molecule has 1 aromatic carbocycles. The van der Waals surface area contributed by atoms with E-state index in [4.69, 9.17) is 10.8 Å². The van der Waals surface area contributed by atoms with Gasteiger partial charge in [-0.1, -0.05) is 0 Å². The zero-order valence-corrected chi connectivity index (χ0v) is 10.1. The van der Waals surface area contributed by atoms with Crippen molar-refractivity contribution >= 4 is 23.4 Å². The third kappa shape index (κ3) is 2.54. The highest BCUT2D eigenvalue weighted by molar-refractivity contribution is 6.07. The van der Waals surface area contributed by atoms with E-state index in [0.717, 1.165) is 0 Å². The molecule has 0 aliphatic heterocycles. The topological polar surface area (TPSA) is 110 Å². The fourth-order valence-corrected chi connectivity index (χ4v) is 1.56. The minimum atomic E-state index is -1.15. The minimum absolute atomic E-state index is 0.0636. The molecule has 0 spiro atoms. The van der Waals surface area contributed by atoms with Crippen molar-refractivity contribution in [3.8, 4) is 0 Å². The number of hydrogen-bond donors (Lipinski definition) is 3. The van der Waals surface area contributed by atoms with Gasteiger partial charge in [-0.2, -0.15) is 5.10 Å². The van der Waals surface area contributed by atoms with E-state index in [0.29, 0.717) is 11.3 Å². The van der Waals surface area contributed by atoms with Crippen LogP contribution >= 0.6 is 0 Å². The summed E-state index contributed by atoms with van der Waals surface area (Å²) in [6.07, 6.45) is 1.18. The van der Waals surface area contributed by atoms with Gasteiger partial charge in [-0.15, -0.1) is 0 Å². The van der Waals surface area contributed by atoms with Gasteiger partial charge in [0.1, 0.15) is 11.4 Å². The number of carbonyl (C=O) groups is 2. The molecule has 4 N–H and O–H groups in total. The van der Waals surface area contributed by atoms with Gasteiger partial charge in [0.15, 0.2) is 0 Å². The molecule has 0 saturated heterocycles. The molecule has 2 aromatic rings. The summed E-state index contributed by atoms with van der Waals surface area (Å²) in [5, 5.41) is 15.3. The Hall–Kier alpha value is -2.83. The van der Waals surface area contributed by atoms with Gasteiger partial charge in [0.25, 0.3) is 5.91 Å². The van der Waals surface area contributed by atoms with Crippen LogP contribution < -0.4 is 11.1 Å². The summed E-state index contributed by atoms with van der Waals surface area (Å²) in [6.45, 7) is 0. The third-order valence-electron chi connectivity index (χ3n) is 2.57. The molecule has 7 nitrogen and oxygen atoms in total. The fraction of sp³-hybridized carbons (Fsp3) is 0.0833. The third-order valence-corrected chi connectivity index (χ3v) is 2.57. The molecule has 0 aliphatic rings. The second kappa shape index (κ2) is 4.81. The van der Waals surface area contributed by atoms with E-state index >= 15 is 0 Å². The van der Waals surface area contributed by atoms with E-state index < -0.39 is 11.9 Å². The van der Waals surface area contributed by atoms with Gasteiger partial charge < -0.3 is 16.2 Å². The first-order chi connectivity index (χ1) is 8.99. The maximum atomic E-state index is 12.0. The van der Waals surface area contributed by atoms with Crippen LogP contribution in [-0.2, 0) is 7.05 Å². The molecule has 1 aromatic heterocycles. The summed E-state index contributed by atoms with van der Waals surface area (Å²) in [6, 6.07) is 6.30. The molecule has 2 rings (SSSR count). The summed E-state index contributed by atoms with van der Waals surface area (Å²) in [5.41, 5.74) is 6.39. The number of rotatable bonds is 3. The van der Waals surface area contributed by atoms with E-state index in [2.05, 4.69) is 10.4 Å². The number of nitrogen functional groups attached to an aromatic ring is 1. The Balaban J connectivity index is 2.26. The molecule has 0 fully saturated rings. The van der Waals surface area contributed by atoms with Crippen molar-refractivity contribution < 1.29 is 14.7 Å². The number of amides is 1. The molecule has 0 aliphatic carbocycles. The van der Waals surface area contributed by atoms with Gasteiger partial charge in [-0.25, -0.2) is 4.79 Å². The maximum absolute atomic E-state index is 12.0. The van der Waals surface area contributed by atoms with Gasteiger partial charge in [-0.05, 0) is 24.3 Å². The first-order valence-electron chi connectivity index (χ1n) is 5.41. The number of benzene rings is 1. The Morgan fingerprint density at radius 2 is 1.95 bits per heavy atom. The SMILES string of the molecule is Cn1ncc(C(=O)O)c1NC(=O)c1ccc(N)cc1. The molecule has 1 amide bonds. The molecule has 98 valence electrons. The van der Waals surface area contributed by atoms with Crippen LogP contribution in [0.4, 0.5) is 11.5 Å². The molecule has 0 saturated carbocycles. The predicted octanol–water partition coefficient (Wildman–Crippen LogP) is 0.953. The lowest BCUT2D eigenvalue weighted by Gasteiger charge is -2.07. The van der Waals surface area contributed by atoms with Crippen molar-refractivity contribution in [3.05, 3.63) is 41.6 Å². The summed E-state index contributed by atoms with van der Waals surface area (Å²) < 4.78 is 1.29. The number of carboxylic acids is 1. The van der Waals surface area contributed by atoms with Gasteiger partial charge in [0.2, 0.25) is 0 Å². The highest BCUT2D eigenvalue weighted by atomic mass is 16.4. The van der Waals surface area contributed by atoms with Crippen LogP contribution in [0.5, 0.6) is 0 Å². The van der Waals surface area contributed by atoms with Crippen LogP contribution in [0.25, 0.3) is 0 Å². The van der Waals surface area contributed by atoms with Crippen LogP contribution in [0.1, 0.15) is 20.7 Å². The number of hydrogen-bond acceptors (Lipinski definition) is 4. The Morgan fingerprint density at radius 3 is 2.53 bits per heavy atom. The number of aryl methyl sites for hydroxylation is 1. The highest BCUT2D eigenvalue weighted by Gasteiger charge is 2.17. The van der Waals surface area contributed by atoms with Gasteiger partial charge >= 0.3 is 5.97 Å². The summed E-state index contributed by atoms with van der Waals surface area (Å²) in [4.78, 5) is 22.9. The minimum Gasteiger partial charge on any atom is -0.477 e. The molecular formula is C12H12N4O3. The number of nitrogens with one attached hydrogen (secondary N) is 1. The number of aromatic carboxylic acids is 1. The van der Waals surface area contributed by atoms with Crippen molar-refractivity contribution in [2.24, 2.45) is 7.05 Å².